The first kappa shape index (κ1) is 21.5. The average molecular weight is 471 g/mol. The molecular formula is C23H20BrFN2O3. The molecule has 0 bridgehead atoms. The van der Waals surface area contributed by atoms with E-state index in [4.69, 9.17) is 4.74 Å². The molecular weight excluding hydrogens is 451 g/mol. The zero-order valence-corrected chi connectivity index (χ0v) is 17.8. The van der Waals surface area contributed by atoms with Crippen molar-refractivity contribution in [2.24, 2.45) is 0 Å². The SMILES string of the molecule is CC(NC(=O)COc1ccc(Br)cc1F)c1cccc(NC(=O)c2ccccc2)c1. The highest BCUT2D eigenvalue weighted by Gasteiger charge is 2.13. The topological polar surface area (TPSA) is 67.4 Å². The van der Waals surface area contributed by atoms with E-state index in [-0.39, 0.29) is 30.2 Å². The third kappa shape index (κ3) is 5.90. The standard InChI is InChI=1S/C23H20BrFN2O3/c1-15(26-22(28)14-30-21-11-10-18(24)13-20(21)25)17-8-5-9-19(12-17)27-23(29)16-6-3-2-4-7-16/h2-13,15H,14H2,1H3,(H,26,28)(H,27,29). The van der Waals surface area contributed by atoms with E-state index in [1.807, 2.05) is 19.1 Å². The molecule has 1 unspecified atom stereocenters. The van der Waals surface area contributed by atoms with Gasteiger partial charge in [0.2, 0.25) is 0 Å². The number of hydrogen-bond acceptors (Lipinski definition) is 3. The number of carbonyl (C=O) groups is 2. The number of hydrogen-bond donors (Lipinski definition) is 2. The van der Waals surface area contributed by atoms with Crippen LogP contribution in [0.1, 0.15) is 28.9 Å². The molecule has 154 valence electrons. The molecule has 30 heavy (non-hydrogen) atoms. The van der Waals surface area contributed by atoms with Crippen LogP contribution in [0.3, 0.4) is 0 Å². The normalized spacial score (nSPS) is 11.4. The first-order chi connectivity index (χ1) is 14.4. The summed E-state index contributed by atoms with van der Waals surface area (Å²) < 4.78 is 19.6. The van der Waals surface area contributed by atoms with Crippen LogP contribution >= 0.6 is 15.9 Å². The number of rotatable bonds is 7. The molecule has 0 aliphatic carbocycles. The molecule has 0 spiro atoms. The Morgan fingerprint density at radius 2 is 1.80 bits per heavy atom. The number of anilines is 1. The van der Waals surface area contributed by atoms with E-state index in [1.165, 1.54) is 12.1 Å². The van der Waals surface area contributed by atoms with Gasteiger partial charge in [-0.3, -0.25) is 9.59 Å². The van der Waals surface area contributed by atoms with Crippen molar-refractivity contribution >= 4 is 33.4 Å². The largest absolute Gasteiger partial charge is 0.481 e. The zero-order valence-electron chi connectivity index (χ0n) is 16.2. The number of amides is 2. The maximum Gasteiger partial charge on any atom is 0.258 e. The summed E-state index contributed by atoms with van der Waals surface area (Å²) in [4.78, 5) is 24.5. The first-order valence-corrected chi connectivity index (χ1v) is 10.1. The van der Waals surface area contributed by atoms with Crippen LogP contribution < -0.4 is 15.4 Å². The fraction of sp³-hybridized carbons (Fsp3) is 0.130. The summed E-state index contributed by atoms with van der Waals surface area (Å²) >= 11 is 3.17. The minimum Gasteiger partial charge on any atom is -0.481 e. The molecule has 0 aromatic heterocycles. The van der Waals surface area contributed by atoms with E-state index < -0.39 is 5.82 Å². The Hall–Kier alpha value is -3.19. The second-order valence-corrected chi connectivity index (χ2v) is 7.51. The van der Waals surface area contributed by atoms with Gasteiger partial charge >= 0.3 is 0 Å². The fourth-order valence-corrected chi connectivity index (χ4v) is 3.11. The molecule has 2 amide bonds. The lowest BCUT2D eigenvalue weighted by atomic mass is 10.1. The molecule has 0 aliphatic heterocycles. The minimum absolute atomic E-state index is 0.00613. The van der Waals surface area contributed by atoms with Crippen molar-refractivity contribution in [3.8, 4) is 5.75 Å². The Morgan fingerprint density at radius 3 is 2.53 bits per heavy atom. The maximum atomic E-state index is 13.8. The van der Waals surface area contributed by atoms with Crippen molar-refractivity contribution in [2.75, 3.05) is 11.9 Å². The second kappa shape index (κ2) is 10.0. The Kier molecular flexibility index (Phi) is 7.19. The van der Waals surface area contributed by atoms with Crippen LogP contribution in [0.4, 0.5) is 10.1 Å². The van der Waals surface area contributed by atoms with Gasteiger partial charge in [-0.25, -0.2) is 4.39 Å². The first-order valence-electron chi connectivity index (χ1n) is 9.26. The molecule has 5 nitrogen and oxygen atoms in total. The molecule has 3 rings (SSSR count). The number of nitrogens with one attached hydrogen (secondary N) is 2. The molecule has 0 heterocycles. The molecule has 1 atom stereocenters. The summed E-state index contributed by atoms with van der Waals surface area (Å²) in [6.45, 7) is 1.50. The zero-order chi connectivity index (χ0) is 21.5. The predicted octanol–water partition coefficient (Wildman–Crippen LogP) is 5.10. The maximum absolute atomic E-state index is 13.8. The van der Waals surface area contributed by atoms with Crippen molar-refractivity contribution < 1.29 is 18.7 Å². The van der Waals surface area contributed by atoms with E-state index in [0.29, 0.717) is 15.7 Å². The third-order valence-corrected chi connectivity index (χ3v) is 4.80. The van der Waals surface area contributed by atoms with Crippen molar-refractivity contribution in [1.29, 1.82) is 0 Å². The molecule has 3 aromatic carbocycles. The van der Waals surface area contributed by atoms with Gasteiger partial charge in [-0.2, -0.15) is 0 Å². The number of benzene rings is 3. The summed E-state index contributed by atoms with van der Waals surface area (Å²) in [5.41, 5.74) is 1.99. The molecule has 0 fully saturated rings. The number of halogens is 2. The molecule has 2 N–H and O–H groups in total. The fourth-order valence-electron chi connectivity index (χ4n) is 2.78. The average Bonchev–Trinajstić information content (AvgIpc) is 2.74. The lowest BCUT2D eigenvalue weighted by Gasteiger charge is -2.16. The highest BCUT2D eigenvalue weighted by atomic mass is 79.9. The van der Waals surface area contributed by atoms with E-state index in [9.17, 15) is 14.0 Å². The van der Waals surface area contributed by atoms with Crippen LogP contribution in [-0.2, 0) is 4.79 Å². The van der Waals surface area contributed by atoms with E-state index in [0.717, 1.165) is 5.56 Å². The molecule has 3 aromatic rings. The van der Waals surface area contributed by atoms with Crippen LogP contribution in [0.25, 0.3) is 0 Å². The van der Waals surface area contributed by atoms with Crippen LogP contribution in [0.5, 0.6) is 5.75 Å². The molecule has 0 radical (unpaired) electrons. The van der Waals surface area contributed by atoms with Crippen molar-refractivity contribution in [3.05, 3.63) is 94.2 Å². The summed E-state index contributed by atoms with van der Waals surface area (Å²) in [6, 6.07) is 20.1. The smallest absolute Gasteiger partial charge is 0.258 e. The van der Waals surface area contributed by atoms with Crippen LogP contribution in [0.15, 0.2) is 77.3 Å². The van der Waals surface area contributed by atoms with E-state index in [1.54, 1.807) is 48.5 Å². The van der Waals surface area contributed by atoms with E-state index >= 15 is 0 Å². The van der Waals surface area contributed by atoms with Gasteiger partial charge in [0.25, 0.3) is 11.8 Å². The monoisotopic (exact) mass is 470 g/mol. The van der Waals surface area contributed by atoms with Crippen molar-refractivity contribution in [1.82, 2.24) is 5.32 Å². The van der Waals surface area contributed by atoms with Gasteiger partial charge < -0.3 is 15.4 Å². The predicted molar refractivity (Wildman–Crippen MR) is 117 cm³/mol. The Bertz CT molecular complexity index is 1040. The lowest BCUT2D eigenvalue weighted by Crippen LogP contribution is -2.31. The minimum atomic E-state index is -0.549. The summed E-state index contributed by atoms with van der Waals surface area (Å²) in [7, 11) is 0. The molecule has 0 saturated carbocycles. The van der Waals surface area contributed by atoms with Gasteiger partial charge in [0.1, 0.15) is 0 Å². The highest BCUT2D eigenvalue weighted by molar-refractivity contribution is 9.10. The Morgan fingerprint density at radius 1 is 1.03 bits per heavy atom. The van der Waals surface area contributed by atoms with E-state index in [2.05, 4.69) is 26.6 Å². The number of ether oxygens (including phenoxy) is 1. The summed E-state index contributed by atoms with van der Waals surface area (Å²) in [6.07, 6.45) is 0. The second-order valence-electron chi connectivity index (χ2n) is 6.60. The molecule has 0 saturated heterocycles. The third-order valence-electron chi connectivity index (χ3n) is 4.31. The van der Waals surface area contributed by atoms with Gasteiger partial charge in [0.15, 0.2) is 18.2 Å². The molecule has 0 aliphatic rings. The van der Waals surface area contributed by atoms with Gasteiger partial charge in [-0.05, 0) is 55.0 Å². The van der Waals surface area contributed by atoms with Crippen molar-refractivity contribution in [2.45, 2.75) is 13.0 Å². The van der Waals surface area contributed by atoms with Gasteiger partial charge in [0, 0.05) is 15.7 Å². The Balaban J connectivity index is 1.57. The van der Waals surface area contributed by atoms with Gasteiger partial charge in [0.05, 0.1) is 6.04 Å². The lowest BCUT2D eigenvalue weighted by molar-refractivity contribution is -0.123. The summed E-state index contributed by atoms with van der Waals surface area (Å²) in [5, 5.41) is 5.64. The summed E-state index contributed by atoms with van der Waals surface area (Å²) in [5.74, 6) is -1.14. The quantitative estimate of drug-likeness (QED) is 0.504. The van der Waals surface area contributed by atoms with Gasteiger partial charge in [-0.1, -0.05) is 46.3 Å². The Labute approximate surface area is 182 Å². The molecule has 7 heteroatoms. The van der Waals surface area contributed by atoms with Crippen LogP contribution in [-0.4, -0.2) is 18.4 Å². The van der Waals surface area contributed by atoms with Gasteiger partial charge in [-0.15, -0.1) is 0 Å². The van der Waals surface area contributed by atoms with Crippen LogP contribution in [0.2, 0.25) is 0 Å². The van der Waals surface area contributed by atoms with Crippen molar-refractivity contribution in [3.63, 3.8) is 0 Å². The number of carbonyl (C=O) groups excluding carboxylic acids is 2. The highest BCUT2D eigenvalue weighted by Crippen LogP contribution is 2.22. The van der Waals surface area contributed by atoms with Crippen LogP contribution in [0, 0.1) is 5.82 Å².